The van der Waals surface area contributed by atoms with Gasteiger partial charge in [-0.25, -0.2) is 0 Å². The van der Waals surface area contributed by atoms with Crippen LogP contribution in [-0.4, -0.2) is 34.3 Å². The highest BCUT2D eigenvalue weighted by Gasteiger charge is 2.19. The van der Waals surface area contributed by atoms with Gasteiger partial charge in [0, 0.05) is 31.2 Å². The van der Waals surface area contributed by atoms with Crippen molar-refractivity contribution in [3.05, 3.63) is 48.0 Å². The van der Waals surface area contributed by atoms with E-state index in [1.165, 1.54) is 0 Å². The number of anilines is 2. The third-order valence-electron chi connectivity index (χ3n) is 4.33. The van der Waals surface area contributed by atoms with Gasteiger partial charge in [0.1, 0.15) is 6.07 Å². The maximum absolute atomic E-state index is 9.64. The highest BCUT2D eigenvalue weighted by molar-refractivity contribution is 5.66. The van der Waals surface area contributed by atoms with Crippen molar-refractivity contribution in [1.82, 2.24) is 9.97 Å². The van der Waals surface area contributed by atoms with Crippen LogP contribution in [0.25, 0.3) is 0 Å². The number of rotatable bonds is 4. The summed E-state index contributed by atoms with van der Waals surface area (Å²) >= 11 is 0. The van der Waals surface area contributed by atoms with Crippen molar-refractivity contribution in [1.29, 1.82) is 5.26 Å². The average molecular weight is 323 g/mol. The molecule has 2 heterocycles. The van der Waals surface area contributed by atoms with E-state index in [1.54, 1.807) is 18.6 Å². The highest BCUT2D eigenvalue weighted by atomic mass is 16.3. The summed E-state index contributed by atoms with van der Waals surface area (Å²) in [5.41, 5.74) is 3.31. The first-order chi connectivity index (χ1) is 11.7. The molecule has 0 aliphatic carbocycles. The molecule has 0 saturated carbocycles. The lowest BCUT2D eigenvalue weighted by molar-refractivity contribution is 0.145. The van der Waals surface area contributed by atoms with E-state index in [-0.39, 0.29) is 12.1 Å². The number of piperidine rings is 1. The maximum Gasteiger partial charge on any atom is 0.101 e. The zero-order valence-electron chi connectivity index (χ0n) is 13.7. The van der Waals surface area contributed by atoms with E-state index in [9.17, 15) is 10.4 Å². The van der Waals surface area contributed by atoms with Gasteiger partial charge in [0.05, 0.1) is 35.3 Å². The molecule has 2 aromatic rings. The van der Waals surface area contributed by atoms with Crippen LogP contribution in [0.15, 0.2) is 36.8 Å². The number of aliphatic hydroxyl groups is 1. The Bertz CT molecular complexity index is 720. The van der Waals surface area contributed by atoms with Crippen molar-refractivity contribution in [2.24, 2.45) is 0 Å². The Labute approximate surface area is 141 Å². The van der Waals surface area contributed by atoms with Crippen LogP contribution < -0.4 is 10.2 Å². The van der Waals surface area contributed by atoms with Gasteiger partial charge in [-0.1, -0.05) is 0 Å². The molecule has 6 nitrogen and oxygen atoms in total. The second kappa shape index (κ2) is 7.28. The first-order valence-electron chi connectivity index (χ1n) is 8.17. The van der Waals surface area contributed by atoms with Crippen molar-refractivity contribution in [3.8, 4) is 6.07 Å². The topological polar surface area (TPSA) is 85.1 Å². The number of nitrogens with one attached hydrogen (secondary N) is 1. The van der Waals surface area contributed by atoms with Gasteiger partial charge in [0.15, 0.2) is 0 Å². The van der Waals surface area contributed by atoms with Crippen LogP contribution in [-0.2, 0) is 0 Å². The van der Waals surface area contributed by atoms with Crippen molar-refractivity contribution in [3.63, 3.8) is 0 Å². The van der Waals surface area contributed by atoms with Crippen molar-refractivity contribution in [2.45, 2.75) is 31.9 Å². The molecule has 1 unspecified atom stereocenters. The molecule has 1 aromatic heterocycles. The van der Waals surface area contributed by atoms with Crippen molar-refractivity contribution >= 4 is 11.4 Å². The number of nitrogens with zero attached hydrogens (tertiary/aromatic N) is 4. The Morgan fingerprint density at radius 3 is 2.79 bits per heavy atom. The second-order valence-corrected chi connectivity index (χ2v) is 6.06. The Morgan fingerprint density at radius 1 is 1.33 bits per heavy atom. The number of aliphatic hydroxyl groups excluding tert-OH is 1. The van der Waals surface area contributed by atoms with Crippen molar-refractivity contribution in [2.75, 3.05) is 23.3 Å². The minimum absolute atomic E-state index is 0.00114. The van der Waals surface area contributed by atoms with Crippen LogP contribution in [0.1, 0.15) is 37.1 Å². The summed E-state index contributed by atoms with van der Waals surface area (Å²) < 4.78 is 0. The van der Waals surface area contributed by atoms with Gasteiger partial charge in [0.2, 0.25) is 0 Å². The first-order valence-corrected chi connectivity index (χ1v) is 8.17. The predicted octanol–water partition coefficient (Wildman–Crippen LogP) is 2.48. The Kier molecular flexibility index (Phi) is 4.92. The van der Waals surface area contributed by atoms with Gasteiger partial charge in [-0.05, 0) is 38.0 Å². The van der Waals surface area contributed by atoms with Crippen LogP contribution >= 0.6 is 0 Å². The fraction of sp³-hybridized carbons (Fsp3) is 0.389. The molecule has 0 radical (unpaired) electrons. The minimum Gasteiger partial charge on any atom is -0.393 e. The fourth-order valence-electron chi connectivity index (χ4n) is 2.96. The van der Waals surface area contributed by atoms with Crippen LogP contribution in [0.5, 0.6) is 0 Å². The van der Waals surface area contributed by atoms with Gasteiger partial charge in [0.25, 0.3) is 0 Å². The lowest BCUT2D eigenvalue weighted by Crippen LogP contribution is -2.36. The summed E-state index contributed by atoms with van der Waals surface area (Å²) in [6.45, 7) is 3.56. The Hall–Kier alpha value is -2.65. The molecule has 6 heteroatoms. The predicted molar refractivity (Wildman–Crippen MR) is 92.7 cm³/mol. The number of hydrogen-bond donors (Lipinski definition) is 2. The average Bonchev–Trinajstić information content (AvgIpc) is 2.63. The third kappa shape index (κ3) is 3.63. The molecule has 1 fully saturated rings. The quantitative estimate of drug-likeness (QED) is 0.899. The fourth-order valence-corrected chi connectivity index (χ4v) is 2.96. The Balaban J connectivity index is 1.76. The van der Waals surface area contributed by atoms with Gasteiger partial charge in [-0.3, -0.25) is 9.97 Å². The highest BCUT2D eigenvalue weighted by Crippen LogP contribution is 2.28. The van der Waals surface area contributed by atoms with E-state index in [4.69, 9.17) is 0 Å². The number of hydrogen-bond acceptors (Lipinski definition) is 6. The molecular weight excluding hydrogens is 302 g/mol. The molecule has 1 aromatic carbocycles. The van der Waals surface area contributed by atoms with E-state index in [0.29, 0.717) is 5.56 Å². The van der Waals surface area contributed by atoms with Crippen LogP contribution in [0.3, 0.4) is 0 Å². The smallest absolute Gasteiger partial charge is 0.101 e. The van der Waals surface area contributed by atoms with Crippen molar-refractivity contribution < 1.29 is 5.11 Å². The lowest BCUT2D eigenvalue weighted by Gasteiger charge is -2.32. The molecule has 1 aliphatic rings. The van der Waals surface area contributed by atoms with Gasteiger partial charge >= 0.3 is 0 Å². The van der Waals surface area contributed by atoms with Crippen LogP contribution in [0.2, 0.25) is 0 Å². The SMILES string of the molecule is CC(Nc1ccc(N2CCC(O)CC2)c(C#N)c1)c1cnccn1. The summed E-state index contributed by atoms with van der Waals surface area (Å²) in [6, 6.07) is 8.11. The summed E-state index contributed by atoms with van der Waals surface area (Å²) in [4.78, 5) is 10.5. The van der Waals surface area contributed by atoms with Gasteiger partial charge in [-0.15, -0.1) is 0 Å². The summed E-state index contributed by atoms with van der Waals surface area (Å²) in [6.07, 6.45) is 6.32. The zero-order chi connectivity index (χ0) is 16.9. The molecule has 0 bridgehead atoms. The molecule has 0 amide bonds. The first kappa shape index (κ1) is 16.2. The summed E-state index contributed by atoms with van der Waals surface area (Å²) in [5.74, 6) is 0. The largest absolute Gasteiger partial charge is 0.393 e. The molecule has 124 valence electrons. The molecule has 3 rings (SSSR count). The number of aromatic nitrogens is 2. The third-order valence-corrected chi connectivity index (χ3v) is 4.33. The molecule has 1 aliphatic heterocycles. The molecule has 0 spiro atoms. The van der Waals surface area contributed by atoms with E-state index >= 15 is 0 Å². The molecule has 1 saturated heterocycles. The molecular formula is C18H21N5O. The monoisotopic (exact) mass is 323 g/mol. The number of benzene rings is 1. The molecule has 24 heavy (non-hydrogen) atoms. The number of nitriles is 1. The molecule has 1 atom stereocenters. The Morgan fingerprint density at radius 2 is 2.12 bits per heavy atom. The zero-order valence-corrected chi connectivity index (χ0v) is 13.7. The van der Waals surface area contributed by atoms with E-state index in [1.807, 2.05) is 25.1 Å². The maximum atomic E-state index is 9.64. The standard InChI is InChI=1S/C18H21N5O/c1-13(17-12-20-6-7-21-17)22-15-2-3-18(14(10-15)11-19)23-8-4-16(24)5-9-23/h2-3,6-7,10,12-13,16,22,24H,4-5,8-9H2,1H3. The minimum atomic E-state index is -0.222. The van der Waals surface area contributed by atoms with Crippen LogP contribution in [0, 0.1) is 11.3 Å². The van der Waals surface area contributed by atoms with E-state index in [0.717, 1.165) is 43.0 Å². The summed E-state index contributed by atoms with van der Waals surface area (Å²) in [7, 11) is 0. The van der Waals surface area contributed by atoms with Gasteiger partial charge < -0.3 is 15.3 Å². The summed E-state index contributed by atoms with van der Waals surface area (Å²) in [5, 5.41) is 22.5. The van der Waals surface area contributed by atoms with E-state index < -0.39 is 0 Å². The molecule has 2 N–H and O–H groups in total. The second-order valence-electron chi connectivity index (χ2n) is 6.06. The normalized spacial score (nSPS) is 16.5. The lowest BCUT2D eigenvalue weighted by atomic mass is 10.0. The van der Waals surface area contributed by atoms with Gasteiger partial charge in [-0.2, -0.15) is 5.26 Å². The van der Waals surface area contributed by atoms with Crippen LogP contribution in [0.4, 0.5) is 11.4 Å². The van der Waals surface area contributed by atoms with E-state index in [2.05, 4.69) is 26.3 Å².